The molecule has 1 rings (SSSR count). The van der Waals surface area contributed by atoms with Gasteiger partial charge < -0.3 is 20.7 Å². The average Bonchev–Trinajstić information content (AvgIpc) is 2.39. The van der Waals surface area contributed by atoms with Crippen LogP contribution in [0.4, 0.5) is 0 Å². The summed E-state index contributed by atoms with van der Waals surface area (Å²) in [4.78, 5) is 2.05. The highest BCUT2D eigenvalue weighted by molar-refractivity contribution is 7.80. The molecule has 21 heavy (non-hydrogen) atoms. The summed E-state index contributed by atoms with van der Waals surface area (Å²) in [6, 6.07) is 5.41. The van der Waals surface area contributed by atoms with Gasteiger partial charge in [-0.3, -0.25) is 0 Å². The molecule has 0 unspecified atom stereocenters. The van der Waals surface area contributed by atoms with Gasteiger partial charge in [-0.2, -0.15) is 0 Å². The summed E-state index contributed by atoms with van der Waals surface area (Å²) in [5.41, 5.74) is 5.47. The van der Waals surface area contributed by atoms with E-state index in [2.05, 4.69) is 24.1 Å². The highest BCUT2D eigenvalue weighted by Crippen LogP contribution is 2.24. The number of nitrogens with zero attached hydrogens (tertiary/aromatic N) is 1. The largest absolute Gasteiger partial charge is 0.492 e. The molecule has 0 fully saturated rings. The summed E-state index contributed by atoms with van der Waals surface area (Å²) in [6.07, 6.45) is 0. The Hall–Kier alpha value is -0.750. The molecule has 1 aromatic carbocycles. The van der Waals surface area contributed by atoms with Gasteiger partial charge in [0.2, 0.25) is 0 Å². The number of halogens is 2. The van der Waals surface area contributed by atoms with Crippen molar-refractivity contribution in [2.24, 2.45) is 5.73 Å². The van der Waals surface area contributed by atoms with Crippen molar-refractivity contribution in [1.82, 2.24) is 10.2 Å². The Kier molecular flexibility index (Phi) is 8.11. The number of hydrogen-bond donors (Lipinski definition) is 2. The van der Waals surface area contributed by atoms with Gasteiger partial charge in [0.15, 0.2) is 5.11 Å². The van der Waals surface area contributed by atoms with Crippen molar-refractivity contribution in [3.63, 3.8) is 0 Å². The predicted molar refractivity (Wildman–Crippen MR) is 93.5 cm³/mol. The quantitative estimate of drug-likeness (QED) is 0.741. The zero-order chi connectivity index (χ0) is 15.8. The van der Waals surface area contributed by atoms with E-state index in [4.69, 9.17) is 45.9 Å². The van der Waals surface area contributed by atoms with Gasteiger partial charge in [0, 0.05) is 29.2 Å². The first-order valence-corrected chi connectivity index (χ1v) is 7.94. The van der Waals surface area contributed by atoms with E-state index in [1.165, 1.54) is 0 Å². The fourth-order valence-electron chi connectivity index (χ4n) is 1.75. The third kappa shape index (κ3) is 6.70. The first kappa shape index (κ1) is 18.3. The van der Waals surface area contributed by atoms with Crippen molar-refractivity contribution in [1.29, 1.82) is 0 Å². The van der Waals surface area contributed by atoms with Crippen molar-refractivity contribution in [2.75, 3.05) is 26.2 Å². The normalized spacial score (nSPS) is 10.6. The van der Waals surface area contributed by atoms with E-state index in [-0.39, 0.29) is 6.04 Å². The van der Waals surface area contributed by atoms with Crippen LogP contribution in [0, 0.1) is 0 Å². The van der Waals surface area contributed by atoms with E-state index < -0.39 is 0 Å². The Balaban J connectivity index is 2.51. The highest BCUT2D eigenvalue weighted by atomic mass is 35.5. The molecule has 0 radical (unpaired) electrons. The maximum absolute atomic E-state index is 5.93. The predicted octanol–water partition coefficient (Wildman–Crippen LogP) is 2.92. The summed E-state index contributed by atoms with van der Waals surface area (Å²) in [6.45, 7) is 6.51. The second-order valence-electron chi connectivity index (χ2n) is 4.76. The van der Waals surface area contributed by atoms with Crippen molar-refractivity contribution in [2.45, 2.75) is 19.9 Å². The van der Waals surface area contributed by atoms with Gasteiger partial charge in [-0.15, -0.1) is 0 Å². The number of rotatable bonds is 7. The number of hydrogen-bond acceptors (Lipinski definition) is 3. The molecule has 0 bridgehead atoms. The molecule has 4 nitrogen and oxygen atoms in total. The van der Waals surface area contributed by atoms with Gasteiger partial charge in [-0.25, -0.2) is 0 Å². The second-order valence-corrected chi connectivity index (χ2v) is 6.02. The second kappa shape index (κ2) is 9.30. The van der Waals surface area contributed by atoms with Crippen molar-refractivity contribution < 1.29 is 4.74 Å². The van der Waals surface area contributed by atoms with Crippen molar-refractivity contribution in [3.05, 3.63) is 28.2 Å². The Labute approximate surface area is 141 Å². The zero-order valence-corrected chi connectivity index (χ0v) is 14.6. The monoisotopic (exact) mass is 349 g/mol. The molecule has 0 aliphatic heterocycles. The van der Waals surface area contributed by atoms with Crippen LogP contribution in [0.1, 0.15) is 13.8 Å². The van der Waals surface area contributed by atoms with Crippen molar-refractivity contribution in [3.8, 4) is 5.75 Å². The first-order chi connectivity index (χ1) is 9.93. The molecule has 0 saturated carbocycles. The summed E-state index contributed by atoms with van der Waals surface area (Å²) in [5, 5.41) is 4.91. The molecule has 0 aliphatic rings. The van der Waals surface area contributed by atoms with Gasteiger partial charge in [-0.1, -0.05) is 23.2 Å². The molecule has 7 heteroatoms. The summed E-state index contributed by atoms with van der Waals surface area (Å²) in [5.74, 6) is 0.650. The molecular weight excluding hydrogens is 329 g/mol. The van der Waals surface area contributed by atoms with Gasteiger partial charge in [0.05, 0.1) is 6.54 Å². The van der Waals surface area contributed by atoms with E-state index in [9.17, 15) is 0 Å². The van der Waals surface area contributed by atoms with E-state index in [0.717, 1.165) is 0 Å². The minimum atomic E-state index is 0.273. The number of benzene rings is 1. The number of nitrogens with one attached hydrogen (secondary N) is 1. The van der Waals surface area contributed by atoms with E-state index in [0.29, 0.717) is 47.1 Å². The molecule has 0 spiro atoms. The van der Waals surface area contributed by atoms with Crippen LogP contribution in [0.2, 0.25) is 10.0 Å². The molecule has 1 aromatic rings. The lowest BCUT2D eigenvalue weighted by Crippen LogP contribution is -2.46. The number of ether oxygens (including phenoxy) is 1. The standard InChI is InChI=1S/C14H21Cl2N3OS/c1-10(2)19(14(21)18-4-3-17)5-6-20-13-8-11(15)7-12(16)9-13/h7-10H,3-6,17H2,1-2H3,(H,18,21). The number of thiocarbonyl (C=S) groups is 1. The molecule has 3 N–H and O–H groups in total. The molecular formula is C14H21Cl2N3OS. The van der Waals surface area contributed by atoms with Gasteiger partial charge in [0.1, 0.15) is 12.4 Å². The third-order valence-corrected chi connectivity index (χ3v) is 3.56. The summed E-state index contributed by atoms with van der Waals surface area (Å²) in [7, 11) is 0. The van der Waals surface area contributed by atoms with Crippen LogP contribution >= 0.6 is 35.4 Å². The number of nitrogens with two attached hydrogens (primary N) is 1. The van der Waals surface area contributed by atoms with Gasteiger partial charge in [-0.05, 0) is 44.3 Å². The fourth-order valence-corrected chi connectivity index (χ4v) is 2.66. The Morgan fingerprint density at radius 3 is 2.48 bits per heavy atom. The van der Waals surface area contributed by atoms with Crippen LogP contribution in [0.5, 0.6) is 5.75 Å². The molecule has 0 atom stereocenters. The Morgan fingerprint density at radius 1 is 1.33 bits per heavy atom. The average molecular weight is 350 g/mol. The third-order valence-electron chi connectivity index (χ3n) is 2.74. The van der Waals surface area contributed by atoms with E-state index in [1.807, 2.05) is 0 Å². The molecule has 0 aliphatic carbocycles. The molecule has 0 saturated heterocycles. The van der Waals surface area contributed by atoms with E-state index in [1.54, 1.807) is 18.2 Å². The first-order valence-electron chi connectivity index (χ1n) is 6.77. The van der Waals surface area contributed by atoms with Crippen LogP contribution < -0.4 is 15.8 Å². The lowest BCUT2D eigenvalue weighted by molar-refractivity contribution is 0.245. The van der Waals surface area contributed by atoms with E-state index >= 15 is 0 Å². The van der Waals surface area contributed by atoms with Crippen molar-refractivity contribution >= 4 is 40.5 Å². The molecule has 118 valence electrons. The minimum absolute atomic E-state index is 0.273. The van der Waals surface area contributed by atoms with Crippen LogP contribution in [0.15, 0.2) is 18.2 Å². The summed E-state index contributed by atoms with van der Waals surface area (Å²) < 4.78 is 5.68. The van der Waals surface area contributed by atoms with Crippen LogP contribution in [0.3, 0.4) is 0 Å². The van der Waals surface area contributed by atoms with Crippen LogP contribution in [-0.4, -0.2) is 42.3 Å². The Morgan fingerprint density at radius 2 is 1.95 bits per heavy atom. The van der Waals surface area contributed by atoms with Crippen LogP contribution in [0.25, 0.3) is 0 Å². The lowest BCUT2D eigenvalue weighted by atomic mass is 10.3. The molecule has 0 aromatic heterocycles. The SMILES string of the molecule is CC(C)N(CCOc1cc(Cl)cc(Cl)c1)C(=S)NCCN. The zero-order valence-electron chi connectivity index (χ0n) is 12.2. The Bertz CT molecular complexity index is 451. The smallest absolute Gasteiger partial charge is 0.169 e. The lowest BCUT2D eigenvalue weighted by Gasteiger charge is -2.29. The molecule has 0 amide bonds. The van der Waals surface area contributed by atoms with Gasteiger partial charge in [0.25, 0.3) is 0 Å². The van der Waals surface area contributed by atoms with Gasteiger partial charge >= 0.3 is 0 Å². The minimum Gasteiger partial charge on any atom is -0.492 e. The van der Waals surface area contributed by atoms with Crippen LogP contribution in [-0.2, 0) is 0 Å². The maximum atomic E-state index is 5.93. The highest BCUT2D eigenvalue weighted by Gasteiger charge is 2.13. The maximum Gasteiger partial charge on any atom is 0.169 e. The topological polar surface area (TPSA) is 50.5 Å². The summed E-state index contributed by atoms with van der Waals surface area (Å²) >= 11 is 17.2. The molecule has 0 heterocycles. The fraction of sp³-hybridized carbons (Fsp3) is 0.500.